The van der Waals surface area contributed by atoms with E-state index in [4.69, 9.17) is 10.5 Å². The van der Waals surface area contributed by atoms with Crippen molar-refractivity contribution in [1.82, 2.24) is 5.43 Å². The van der Waals surface area contributed by atoms with Crippen molar-refractivity contribution >= 4 is 55.6 Å². The smallest absolute Gasteiger partial charge is 0.343 e. The maximum absolute atomic E-state index is 12.3. The molecule has 0 radical (unpaired) electrons. The van der Waals surface area contributed by atoms with Crippen molar-refractivity contribution in [1.29, 1.82) is 0 Å². The first kappa shape index (κ1) is 20.8. The summed E-state index contributed by atoms with van der Waals surface area (Å²) < 4.78 is 6.64. The molecule has 146 valence electrons. The number of nitrogen functional groups attached to an aromatic ring is 1. The van der Waals surface area contributed by atoms with Crippen molar-refractivity contribution in [2.75, 3.05) is 5.73 Å². The lowest BCUT2D eigenvalue weighted by atomic mass is 10.2. The zero-order valence-electron chi connectivity index (χ0n) is 14.9. The number of rotatable bonds is 5. The Kier molecular flexibility index (Phi) is 6.79. The maximum atomic E-state index is 12.3. The number of benzene rings is 3. The largest absolute Gasteiger partial charge is 0.423 e. The molecule has 8 heteroatoms. The van der Waals surface area contributed by atoms with Crippen LogP contribution in [0.1, 0.15) is 26.3 Å². The highest BCUT2D eigenvalue weighted by molar-refractivity contribution is 9.11. The number of nitrogens with two attached hydrogens (primary N) is 1. The molecule has 0 bridgehead atoms. The van der Waals surface area contributed by atoms with E-state index in [0.717, 1.165) is 0 Å². The molecule has 0 aromatic heterocycles. The van der Waals surface area contributed by atoms with E-state index in [1.807, 2.05) is 6.07 Å². The number of amides is 1. The summed E-state index contributed by atoms with van der Waals surface area (Å²) in [5.41, 5.74) is 10.2. The van der Waals surface area contributed by atoms with Gasteiger partial charge in [0.2, 0.25) is 0 Å². The lowest BCUT2D eigenvalue weighted by Gasteiger charge is -2.07. The van der Waals surface area contributed by atoms with E-state index in [9.17, 15) is 9.59 Å². The summed E-state index contributed by atoms with van der Waals surface area (Å²) in [6.45, 7) is 0. The summed E-state index contributed by atoms with van der Waals surface area (Å²) in [5, 5.41) is 3.94. The van der Waals surface area contributed by atoms with Crippen LogP contribution in [0.25, 0.3) is 0 Å². The summed E-state index contributed by atoms with van der Waals surface area (Å²) in [7, 11) is 0. The number of hydrogen-bond donors (Lipinski definition) is 2. The molecule has 3 aromatic rings. The lowest BCUT2D eigenvalue weighted by molar-refractivity contribution is 0.0734. The van der Waals surface area contributed by atoms with E-state index in [2.05, 4.69) is 42.4 Å². The van der Waals surface area contributed by atoms with Crippen molar-refractivity contribution < 1.29 is 14.3 Å². The minimum absolute atomic E-state index is 0.298. The molecular weight excluding hydrogens is 502 g/mol. The number of carbonyl (C=O) groups excluding carboxylic acids is 2. The zero-order valence-corrected chi connectivity index (χ0v) is 18.1. The average Bonchev–Trinajstić information content (AvgIpc) is 2.72. The maximum Gasteiger partial charge on any atom is 0.343 e. The van der Waals surface area contributed by atoms with Crippen LogP contribution in [0, 0.1) is 0 Å². The molecule has 0 saturated carbocycles. The van der Waals surface area contributed by atoms with Gasteiger partial charge in [0.1, 0.15) is 5.75 Å². The number of hydrogen-bond acceptors (Lipinski definition) is 5. The Morgan fingerprint density at radius 2 is 1.69 bits per heavy atom. The van der Waals surface area contributed by atoms with Gasteiger partial charge < -0.3 is 10.5 Å². The van der Waals surface area contributed by atoms with E-state index >= 15 is 0 Å². The van der Waals surface area contributed by atoms with Crippen LogP contribution in [-0.2, 0) is 0 Å². The second-order valence-electron chi connectivity index (χ2n) is 5.87. The van der Waals surface area contributed by atoms with Crippen LogP contribution in [0.5, 0.6) is 5.75 Å². The summed E-state index contributed by atoms with van der Waals surface area (Å²) >= 11 is 6.62. The van der Waals surface area contributed by atoms with Gasteiger partial charge >= 0.3 is 5.97 Å². The van der Waals surface area contributed by atoms with Gasteiger partial charge in [-0.15, -0.1) is 0 Å². The fourth-order valence-electron chi connectivity index (χ4n) is 2.36. The highest BCUT2D eigenvalue weighted by Crippen LogP contribution is 2.28. The monoisotopic (exact) mass is 515 g/mol. The van der Waals surface area contributed by atoms with Crippen molar-refractivity contribution in [3.8, 4) is 5.75 Å². The predicted molar refractivity (Wildman–Crippen MR) is 119 cm³/mol. The van der Waals surface area contributed by atoms with Crippen molar-refractivity contribution in [2.45, 2.75) is 0 Å². The van der Waals surface area contributed by atoms with Crippen molar-refractivity contribution in [3.63, 3.8) is 0 Å². The molecule has 0 spiro atoms. The zero-order chi connectivity index (χ0) is 20.8. The van der Waals surface area contributed by atoms with Crippen LogP contribution in [0.4, 0.5) is 5.69 Å². The van der Waals surface area contributed by atoms with Gasteiger partial charge in [-0.25, -0.2) is 10.2 Å². The first-order valence-electron chi connectivity index (χ1n) is 8.39. The number of ether oxygens (including phenoxy) is 1. The highest BCUT2D eigenvalue weighted by atomic mass is 79.9. The van der Waals surface area contributed by atoms with E-state index in [-0.39, 0.29) is 0 Å². The van der Waals surface area contributed by atoms with Gasteiger partial charge in [0, 0.05) is 8.95 Å². The number of nitrogens with one attached hydrogen (secondary N) is 1. The molecule has 0 aliphatic heterocycles. The number of nitrogens with zero attached hydrogens (tertiary/aromatic N) is 1. The predicted octanol–water partition coefficient (Wildman–Crippen LogP) is 4.78. The van der Waals surface area contributed by atoms with Gasteiger partial charge in [-0.2, -0.15) is 5.10 Å². The third-order valence-corrected chi connectivity index (χ3v) is 4.93. The fraction of sp³-hybridized carbons (Fsp3) is 0. The quantitative estimate of drug-likeness (QED) is 0.168. The Labute approximate surface area is 184 Å². The Hall–Kier alpha value is -2.97. The van der Waals surface area contributed by atoms with Crippen LogP contribution in [0.3, 0.4) is 0 Å². The third kappa shape index (κ3) is 5.52. The van der Waals surface area contributed by atoms with Gasteiger partial charge in [0.15, 0.2) is 0 Å². The molecule has 0 saturated heterocycles. The average molecular weight is 517 g/mol. The van der Waals surface area contributed by atoms with E-state index in [1.165, 1.54) is 6.21 Å². The van der Waals surface area contributed by atoms with Crippen LogP contribution in [0.2, 0.25) is 0 Å². The Morgan fingerprint density at radius 1 is 1.00 bits per heavy atom. The van der Waals surface area contributed by atoms with Gasteiger partial charge in [-0.1, -0.05) is 34.1 Å². The Balaban J connectivity index is 1.60. The van der Waals surface area contributed by atoms with Gasteiger partial charge in [0.05, 0.1) is 23.0 Å². The number of carbonyl (C=O) groups is 2. The summed E-state index contributed by atoms with van der Waals surface area (Å²) in [6, 6.07) is 18.8. The highest BCUT2D eigenvalue weighted by Gasteiger charge is 2.12. The molecule has 0 atom stereocenters. The molecule has 0 aliphatic carbocycles. The minimum Gasteiger partial charge on any atom is -0.423 e. The molecule has 0 unspecified atom stereocenters. The van der Waals surface area contributed by atoms with Gasteiger partial charge in [-0.05, 0) is 70.0 Å². The molecule has 3 rings (SSSR count). The van der Waals surface area contributed by atoms with Gasteiger partial charge in [0.25, 0.3) is 5.91 Å². The summed E-state index contributed by atoms with van der Waals surface area (Å²) in [5.74, 6) is -0.460. The SMILES string of the molecule is Nc1c(Br)cc(Br)cc1C(=O)NN=Cc1ccc(OC(=O)c2ccccc2)cc1. The summed E-state index contributed by atoms with van der Waals surface area (Å²) in [4.78, 5) is 24.3. The van der Waals surface area contributed by atoms with Crippen LogP contribution in [0.15, 0.2) is 80.8 Å². The van der Waals surface area contributed by atoms with E-state index < -0.39 is 11.9 Å². The Bertz CT molecular complexity index is 1070. The van der Waals surface area contributed by atoms with Crippen molar-refractivity contribution in [3.05, 3.63) is 92.4 Å². The number of anilines is 1. The number of hydrazone groups is 1. The molecule has 29 heavy (non-hydrogen) atoms. The van der Waals surface area contributed by atoms with E-state index in [0.29, 0.717) is 37.1 Å². The standard InChI is InChI=1S/C21H15Br2N3O3/c22-15-10-17(19(24)18(23)11-15)20(27)26-25-12-13-6-8-16(9-7-13)29-21(28)14-4-2-1-3-5-14/h1-12H,24H2,(H,26,27). The molecule has 0 heterocycles. The lowest BCUT2D eigenvalue weighted by Crippen LogP contribution is -2.19. The first-order valence-corrected chi connectivity index (χ1v) is 9.98. The topological polar surface area (TPSA) is 93.8 Å². The molecule has 6 nitrogen and oxygen atoms in total. The molecule has 0 fully saturated rings. The molecule has 0 aliphatic rings. The second kappa shape index (κ2) is 9.49. The molecule has 3 aromatic carbocycles. The third-order valence-electron chi connectivity index (χ3n) is 3.82. The molecule has 1 amide bonds. The van der Waals surface area contributed by atoms with E-state index in [1.54, 1.807) is 60.7 Å². The first-order chi connectivity index (χ1) is 13.9. The van der Waals surface area contributed by atoms with Crippen LogP contribution < -0.4 is 15.9 Å². The Morgan fingerprint density at radius 3 is 2.38 bits per heavy atom. The number of halogens is 2. The van der Waals surface area contributed by atoms with Crippen LogP contribution >= 0.6 is 31.9 Å². The van der Waals surface area contributed by atoms with Crippen molar-refractivity contribution in [2.24, 2.45) is 5.10 Å². The van der Waals surface area contributed by atoms with Crippen LogP contribution in [-0.4, -0.2) is 18.1 Å². The van der Waals surface area contributed by atoms with Gasteiger partial charge in [-0.3, -0.25) is 4.79 Å². The molecular formula is C21H15Br2N3O3. The second-order valence-corrected chi connectivity index (χ2v) is 7.64. The number of esters is 1. The molecule has 3 N–H and O–H groups in total. The minimum atomic E-state index is -0.436. The summed E-state index contributed by atoms with van der Waals surface area (Å²) in [6.07, 6.45) is 1.48. The normalized spacial score (nSPS) is 10.7. The fourth-order valence-corrected chi connectivity index (χ4v) is 3.59.